The second-order valence-corrected chi connectivity index (χ2v) is 4.95. The van der Waals surface area contributed by atoms with Gasteiger partial charge in [0.05, 0.1) is 6.61 Å². The highest BCUT2D eigenvalue weighted by molar-refractivity contribution is 5.79. The number of benzene rings is 1. The van der Waals surface area contributed by atoms with Crippen molar-refractivity contribution in [1.82, 2.24) is 10.6 Å². The number of hydrogen-bond acceptors (Lipinski definition) is 2. The molecule has 4 nitrogen and oxygen atoms in total. The van der Waals surface area contributed by atoms with E-state index in [-0.39, 0.29) is 0 Å². The Morgan fingerprint density at radius 1 is 1.35 bits per heavy atom. The molecule has 1 aromatic rings. The molecule has 4 heteroatoms. The van der Waals surface area contributed by atoms with Crippen molar-refractivity contribution in [1.29, 1.82) is 0 Å². The standard InChI is InChI=1S/C16H27N3O/c1-5-17-16(18-9-10-20-4)19-12-14(3)15-8-6-7-13(2)11-15/h6-8,11,14H,5,9-10,12H2,1-4H3,(H2,17,18,19). The Balaban J connectivity index is 2.56. The van der Waals surface area contributed by atoms with Crippen LogP contribution < -0.4 is 10.6 Å². The smallest absolute Gasteiger partial charge is 0.191 e. The Kier molecular flexibility index (Phi) is 7.73. The summed E-state index contributed by atoms with van der Waals surface area (Å²) < 4.78 is 5.03. The predicted octanol–water partition coefficient (Wildman–Crippen LogP) is 2.30. The van der Waals surface area contributed by atoms with Gasteiger partial charge in [0, 0.05) is 32.7 Å². The molecule has 0 bridgehead atoms. The van der Waals surface area contributed by atoms with Gasteiger partial charge in [-0.3, -0.25) is 4.99 Å². The van der Waals surface area contributed by atoms with E-state index in [1.165, 1.54) is 11.1 Å². The van der Waals surface area contributed by atoms with Gasteiger partial charge >= 0.3 is 0 Å². The van der Waals surface area contributed by atoms with E-state index in [1.54, 1.807) is 7.11 Å². The summed E-state index contributed by atoms with van der Waals surface area (Å²) in [6.07, 6.45) is 0. The minimum absolute atomic E-state index is 0.410. The molecule has 1 unspecified atom stereocenters. The van der Waals surface area contributed by atoms with Crippen LogP contribution in [0.25, 0.3) is 0 Å². The molecule has 1 rings (SSSR count). The first-order valence-corrected chi connectivity index (χ1v) is 7.25. The van der Waals surface area contributed by atoms with Crippen molar-refractivity contribution in [3.8, 4) is 0 Å². The molecule has 0 aliphatic rings. The molecule has 2 N–H and O–H groups in total. The van der Waals surface area contributed by atoms with Crippen LogP contribution in [-0.4, -0.2) is 39.3 Å². The number of nitrogens with zero attached hydrogens (tertiary/aromatic N) is 1. The molecule has 0 spiro atoms. The van der Waals surface area contributed by atoms with E-state index in [0.717, 1.165) is 25.6 Å². The molecular formula is C16H27N3O. The summed E-state index contributed by atoms with van der Waals surface area (Å²) in [5.74, 6) is 1.26. The van der Waals surface area contributed by atoms with Gasteiger partial charge in [-0.15, -0.1) is 0 Å². The molecule has 1 aromatic carbocycles. The maximum absolute atomic E-state index is 5.03. The molecule has 112 valence electrons. The largest absolute Gasteiger partial charge is 0.383 e. The maximum atomic E-state index is 5.03. The molecule has 0 heterocycles. The maximum Gasteiger partial charge on any atom is 0.191 e. The summed E-state index contributed by atoms with van der Waals surface area (Å²) in [7, 11) is 1.70. The van der Waals surface area contributed by atoms with Crippen molar-refractivity contribution in [2.45, 2.75) is 26.7 Å². The summed E-state index contributed by atoms with van der Waals surface area (Å²) >= 11 is 0. The minimum Gasteiger partial charge on any atom is -0.383 e. The van der Waals surface area contributed by atoms with Crippen LogP contribution in [0.15, 0.2) is 29.3 Å². The molecule has 0 aliphatic carbocycles. The van der Waals surface area contributed by atoms with Crippen molar-refractivity contribution < 1.29 is 4.74 Å². The average Bonchev–Trinajstić information content (AvgIpc) is 2.44. The highest BCUT2D eigenvalue weighted by Gasteiger charge is 2.05. The van der Waals surface area contributed by atoms with Crippen molar-refractivity contribution in [2.75, 3.05) is 33.4 Å². The summed E-state index contributed by atoms with van der Waals surface area (Å²) in [6, 6.07) is 8.62. The monoisotopic (exact) mass is 277 g/mol. The van der Waals surface area contributed by atoms with Gasteiger partial charge in [0.1, 0.15) is 0 Å². The van der Waals surface area contributed by atoms with E-state index >= 15 is 0 Å². The molecular weight excluding hydrogens is 250 g/mol. The second kappa shape index (κ2) is 9.37. The quantitative estimate of drug-likeness (QED) is 0.457. The summed E-state index contributed by atoms with van der Waals surface area (Å²) in [6.45, 7) is 9.47. The van der Waals surface area contributed by atoms with Crippen molar-refractivity contribution >= 4 is 5.96 Å². The highest BCUT2D eigenvalue weighted by Crippen LogP contribution is 2.16. The van der Waals surface area contributed by atoms with Crippen LogP contribution in [0.1, 0.15) is 30.9 Å². The molecule has 0 saturated carbocycles. The second-order valence-electron chi connectivity index (χ2n) is 4.95. The first-order chi connectivity index (χ1) is 9.67. The lowest BCUT2D eigenvalue weighted by atomic mass is 10.00. The van der Waals surface area contributed by atoms with Crippen LogP contribution in [0.3, 0.4) is 0 Å². The van der Waals surface area contributed by atoms with Crippen LogP contribution in [0, 0.1) is 6.92 Å². The fraction of sp³-hybridized carbons (Fsp3) is 0.562. The Hall–Kier alpha value is -1.55. The number of rotatable bonds is 7. The van der Waals surface area contributed by atoms with E-state index in [2.05, 4.69) is 60.7 Å². The molecule has 0 aliphatic heterocycles. The zero-order chi connectivity index (χ0) is 14.8. The van der Waals surface area contributed by atoms with E-state index in [4.69, 9.17) is 4.74 Å². The highest BCUT2D eigenvalue weighted by atomic mass is 16.5. The number of methoxy groups -OCH3 is 1. The van der Waals surface area contributed by atoms with Crippen LogP contribution in [0.4, 0.5) is 0 Å². The molecule has 0 saturated heterocycles. The number of guanidine groups is 1. The fourth-order valence-electron chi connectivity index (χ4n) is 1.92. The predicted molar refractivity (Wildman–Crippen MR) is 85.5 cm³/mol. The van der Waals surface area contributed by atoms with Gasteiger partial charge in [0.25, 0.3) is 0 Å². The Morgan fingerprint density at radius 2 is 2.15 bits per heavy atom. The molecule has 0 fully saturated rings. The van der Waals surface area contributed by atoms with Crippen LogP contribution >= 0.6 is 0 Å². The lowest BCUT2D eigenvalue weighted by Gasteiger charge is -2.14. The Bertz CT molecular complexity index is 418. The van der Waals surface area contributed by atoms with Crippen molar-refractivity contribution in [3.05, 3.63) is 35.4 Å². The van der Waals surface area contributed by atoms with E-state index in [1.807, 2.05) is 0 Å². The van der Waals surface area contributed by atoms with Gasteiger partial charge in [-0.1, -0.05) is 36.8 Å². The zero-order valence-corrected chi connectivity index (χ0v) is 13.1. The first kappa shape index (κ1) is 16.5. The summed E-state index contributed by atoms with van der Waals surface area (Å²) in [5.41, 5.74) is 2.63. The van der Waals surface area contributed by atoms with Crippen molar-refractivity contribution in [2.24, 2.45) is 4.99 Å². The molecule has 0 aromatic heterocycles. The van der Waals surface area contributed by atoms with Gasteiger partial charge in [0.15, 0.2) is 5.96 Å². The van der Waals surface area contributed by atoms with Crippen LogP contribution in [0.5, 0.6) is 0 Å². The molecule has 1 atom stereocenters. The first-order valence-electron chi connectivity index (χ1n) is 7.25. The Labute approximate surface area is 122 Å². The van der Waals surface area contributed by atoms with Gasteiger partial charge < -0.3 is 15.4 Å². The third-order valence-corrected chi connectivity index (χ3v) is 3.08. The number of nitrogens with one attached hydrogen (secondary N) is 2. The van der Waals surface area contributed by atoms with Crippen molar-refractivity contribution in [3.63, 3.8) is 0 Å². The lowest BCUT2D eigenvalue weighted by molar-refractivity contribution is 0.203. The number of aliphatic imine (C=N–C) groups is 1. The van der Waals surface area contributed by atoms with Crippen LogP contribution in [0.2, 0.25) is 0 Å². The number of ether oxygens (including phenoxy) is 1. The van der Waals surface area contributed by atoms with Gasteiger partial charge in [-0.05, 0) is 19.4 Å². The normalized spacial score (nSPS) is 13.1. The molecule has 0 radical (unpaired) electrons. The molecule has 0 amide bonds. The molecule has 20 heavy (non-hydrogen) atoms. The third kappa shape index (κ3) is 6.06. The lowest BCUT2D eigenvalue weighted by Crippen LogP contribution is -2.39. The summed E-state index contributed by atoms with van der Waals surface area (Å²) in [4.78, 5) is 4.63. The summed E-state index contributed by atoms with van der Waals surface area (Å²) in [5, 5.41) is 6.50. The minimum atomic E-state index is 0.410. The van der Waals surface area contributed by atoms with Gasteiger partial charge in [0.2, 0.25) is 0 Å². The van der Waals surface area contributed by atoms with Gasteiger partial charge in [-0.25, -0.2) is 0 Å². The number of hydrogen-bond donors (Lipinski definition) is 2. The third-order valence-electron chi connectivity index (χ3n) is 3.08. The topological polar surface area (TPSA) is 45.7 Å². The van der Waals surface area contributed by atoms with E-state index < -0.39 is 0 Å². The Morgan fingerprint density at radius 3 is 2.80 bits per heavy atom. The fourth-order valence-corrected chi connectivity index (χ4v) is 1.92. The zero-order valence-electron chi connectivity index (χ0n) is 13.1. The van der Waals surface area contributed by atoms with E-state index in [9.17, 15) is 0 Å². The SMILES string of the molecule is CCNC(=NCC(C)c1cccc(C)c1)NCCOC. The van der Waals surface area contributed by atoms with E-state index in [0.29, 0.717) is 12.5 Å². The average molecular weight is 277 g/mol. The number of aryl methyl sites for hydroxylation is 1. The van der Waals surface area contributed by atoms with Crippen LogP contribution in [-0.2, 0) is 4.74 Å². The van der Waals surface area contributed by atoms with Gasteiger partial charge in [-0.2, -0.15) is 0 Å².